The van der Waals surface area contributed by atoms with E-state index in [9.17, 15) is 19.3 Å². The number of nitrogens with one attached hydrogen (secondary N) is 1. The SMILES string of the molecule is O=C(NCc1ccc([N+](=O)[O-])cc1)c1cccc(F)n1. The Kier molecular flexibility index (Phi) is 3.99. The van der Waals surface area contributed by atoms with Gasteiger partial charge in [-0.25, -0.2) is 4.98 Å². The van der Waals surface area contributed by atoms with Crippen LogP contribution in [0.25, 0.3) is 0 Å². The fraction of sp³-hybridized carbons (Fsp3) is 0.0769. The van der Waals surface area contributed by atoms with Crippen molar-refractivity contribution in [3.8, 4) is 0 Å². The van der Waals surface area contributed by atoms with E-state index in [0.29, 0.717) is 5.56 Å². The van der Waals surface area contributed by atoms with Gasteiger partial charge in [0.1, 0.15) is 5.69 Å². The Morgan fingerprint density at radius 1 is 1.25 bits per heavy atom. The number of rotatable bonds is 4. The van der Waals surface area contributed by atoms with Crippen LogP contribution >= 0.6 is 0 Å². The average molecular weight is 275 g/mol. The van der Waals surface area contributed by atoms with Crippen LogP contribution in [0.1, 0.15) is 16.1 Å². The first-order chi connectivity index (χ1) is 9.56. The molecule has 0 saturated heterocycles. The molecule has 0 aliphatic heterocycles. The van der Waals surface area contributed by atoms with Crippen LogP contribution in [0.2, 0.25) is 0 Å². The topological polar surface area (TPSA) is 85.1 Å². The molecule has 0 atom stereocenters. The number of nitro benzene ring substituents is 1. The number of halogens is 1. The third-order valence-electron chi connectivity index (χ3n) is 2.55. The van der Waals surface area contributed by atoms with Gasteiger partial charge in [-0.15, -0.1) is 0 Å². The number of carbonyl (C=O) groups excluding carboxylic acids is 1. The standard InChI is InChI=1S/C13H10FN3O3/c14-12-3-1-2-11(16-12)13(18)15-8-9-4-6-10(7-5-9)17(19)20/h1-7H,8H2,(H,15,18). The molecule has 20 heavy (non-hydrogen) atoms. The predicted molar refractivity (Wildman–Crippen MR) is 68.5 cm³/mol. The summed E-state index contributed by atoms with van der Waals surface area (Å²) in [5.74, 6) is -1.24. The van der Waals surface area contributed by atoms with Crippen LogP contribution in [-0.4, -0.2) is 15.8 Å². The summed E-state index contributed by atoms with van der Waals surface area (Å²) in [5.41, 5.74) is 0.652. The molecule has 0 radical (unpaired) electrons. The van der Waals surface area contributed by atoms with Crippen LogP contribution in [0.15, 0.2) is 42.5 Å². The third kappa shape index (κ3) is 3.35. The van der Waals surface area contributed by atoms with E-state index >= 15 is 0 Å². The molecule has 7 heteroatoms. The maximum Gasteiger partial charge on any atom is 0.270 e. The van der Waals surface area contributed by atoms with Crippen LogP contribution < -0.4 is 5.32 Å². The summed E-state index contributed by atoms with van der Waals surface area (Å²) in [6, 6.07) is 9.71. The van der Waals surface area contributed by atoms with E-state index < -0.39 is 16.8 Å². The maximum absolute atomic E-state index is 12.9. The summed E-state index contributed by atoms with van der Waals surface area (Å²) in [4.78, 5) is 25.1. The molecule has 1 aromatic heterocycles. The lowest BCUT2D eigenvalue weighted by molar-refractivity contribution is -0.384. The largest absolute Gasteiger partial charge is 0.347 e. The molecule has 0 spiro atoms. The number of benzene rings is 1. The summed E-state index contributed by atoms with van der Waals surface area (Å²) in [5, 5.41) is 13.0. The molecule has 1 amide bonds. The molecule has 1 aromatic carbocycles. The minimum atomic E-state index is -0.729. The molecule has 0 aliphatic carbocycles. The summed E-state index contributed by atoms with van der Waals surface area (Å²) < 4.78 is 12.9. The second kappa shape index (κ2) is 5.87. The van der Waals surface area contributed by atoms with E-state index in [1.165, 1.54) is 36.4 Å². The van der Waals surface area contributed by atoms with Crippen molar-refractivity contribution in [2.24, 2.45) is 0 Å². The number of nitrogens with zero attached hydrogens (tertiary/aromatic N) is 2. The lowest BCUT2D eigenvalue weighted by Crippen LogP contribution is -2.24. The fourth-order valence-electron chi connectivity index (χ4n) is 1.54. The second-order valence-corrected chi connectivity index (χ2v) is 3.95. The number of aromatic nitrogens is 1. The highest BCUT2D eigenvalue weighted by Gasteiger charge is 2.08. The second-order valence-electron chi connectivity index (χ2n) is 3.95. The van der Waals surface area contributed by atoms with Gasteiger partial charge in [0, 0.05) is 18.7 Å². The third-order valence-corrected chi connectivity index (χ3v) is 2.55. The first kappa shape index (κ1) is 13.6. The zero-order chi connectivity index (χ0) is 14.5. The molecular weight excluding hydrogens is 265 g/mol. The van der Waals surface area contributed by atoms with Crippen LogP contribution in [0.3, 0.4) is 0 Å². The van der Waals surface area contributed by atoms with Gasteiger partial charge in [-0.2, -0.15) is 4.39 Å². The summed E-state index contributed by atoms with van der Waals surface area (Å²) in [7, 11) is 0. The van der Waals surface area contributed by atoms with Gasteiger partial charge in [0.2, 0.25) is 5.95 Å². The Morgan fingerprint density at radius 2 is 1.95 bits per heavy atom. The molecule has 1 heterocycles. The lowest BCUT2D eigenvalue weighted by Gasteiger charge is -2.04. The zero-order valence-corrected chi connectivity index (χ0v) is 10.2. The first-order valence-electron chi connectivity index (χ1n) is 5.70. The van der Waals surface area contributed by atoms with Crippen LogP contribution in [-0.2, 0) is 6.54 Å². The summed E-state index contributed by atoms with van der Waals surface area (Å²) in [6.45, 7) is 0.176. The number of non-ortho nitro benzene ring substituents is 1. The number of carbonyl (C=O) groups is 1. The van der Waals surface area contributed by atoms with Gasteiger partial charge >= 0.3 is 0 Å². The minimum absolute atomic E-state index is 0.0214. The smallest absolute Gasteiger partial charge is 0.270 e. The van der Waals surface area contributed by atoms with Crippen molar-refractivity contribution < 1.29 is 14.1 Å². The molecule has 0 fully saturated rings. The van der Waals surface area contributed by atoms with Crippen molar-refractivity contribution in [3.05, 3.63) is 69.8 Å². The highest BCUT2D eigenvalue weighted by Crippen LogP contribution is 2.11. The first-order valence-corrected chi connectivity index (χ1v) is 5.70. The van der Waals surface area contributed by atoms with Gasteiger partial charge in [-0.3, -0.25) is 14.9 Å². The monoisotopic (exact) mass is 275 g/mol. The Morgan fingerprint density at radius 3 is 2.55 bits per heavy atom. The van der Waals surface area contributed by atoms with Crippen molar-refractivity contribution in [3.63, 3.8) is 0 Å². The molecule has 0 saturated carbocycles. The summed E-state index contributed by atoms with van der Waals surface area (Å²) in [6.07, 6.45) is 0. The van der Waals surface area contributed by atoms with Crippen molar-refractivity contribution in [1.82, 2.24) is 10.3 Å². The highest BCUT2D eigenvalue weighted by atomic mass is 19.1. The molecule has 6 nitrogen and oxygen atoms in total. The predicted octanol–water partition coefficient (Wildman–Crippen LogP) is 2.06. The van der Waals surface area contributed by atoms with E-state index in [-0.39, 0.29) is 17.9 Å². The molecule has 0 bridgehead atoms. The van der Waals surface area contributed by atoms with Crippen LogP contribution in [0, 0.1) is 16.1 Å². The van der Waals surface area contributed by atoms with Gasteiger partial charge in [-0.05, 0) is 17.7 Å². The van der Waals surface area contributed by atoms with Crippen molar-refractivity contribution in [1.29, 1.82) is 0 Å². The van der Waals surface area contributed by atoms with Crippen LogP contribution in [0.4, 0.5) is 10.1 Å². The number of hydrogen-bond acceptors (Lipinski definition) is 4. The number of nitro groups is 1. The number of amides is 1. The molecule has 2 aromatic rings. The molecule has 1 N–H and O–H groups in total. The van der Waals surface area contributed by atoms with Crippen LogP contribution in [0.5, 0.6) is 0 Å². The molecular formula is C13H10FN3O3. The summed E-state index contributed by atoms with van der Waals surface area (Å²) >= 11 is 0. The zero-order valence-electron chi connectivity index (χ0n) is 10.2. The fourth-order valence-corrected chi connectivity index (χ4v) is 1.54. The normalized spacial score (nSPS) is 10.1. The van der Waals surface area contributed by atoms with Gasteiger partial charge in [0.15, 0.2) is 0 Å². The number of pyridine rings is 1. The van der Waals surface area contributed by atoms with E-state index in [2.05, 4.69) is 10.3 Å². The maximum atomic E-state index is 12.9. The molecule has 102 valence electrons. The van der Waals surface area contributed by atoms with Gasteiger partial charge in [0.25, 0.3) is 11.6 Å². The van der Waals surface area contributed by atoms with E-state index in [4.69, 9.17) is 0 Å². The molecule has 0 unspecified atom stereocenters. The van der Waals surface area contributed by atoms with Gasteiger partial charge in [-0.1, -0.05) is 18.2 Å². The molecule has 2 rings (SSSR count). The number of hydrogen-bond donors (Lipinski definition) is 1. The Balaban J connectivity index is 1.98. The quantitative estimate of drug-likeness (QED) is 0.525. The Bertz CT molecular complexity index is 644. The van der Waals surface area contributed by atoms with E-state index in [1.807, 2.05) is 0 Å². The lowest BCUT2D eigenvalue weighted by atomic mass is 10.2. The van der Waals surface area contributed by atoms with Gasteiger partial charge < -0.3 is 5.32 Å². The Hall–Kier alpha value is -2.83. The Labute approximate surface area is 113 Å². The van der Waals surface area contributed by atoms with E-state index in [0.717, 1.165) is 6.07 Å². The van der Waals surface area contributed by atoms with Crippen molar-refractivity contribution in [2.75, 3.05) is 0 Å². The van der Waals surface area contributed by atoms with E-state index in [1.54, 1.807) is 0 Å². The highest BCUT2D eigenvalue weighted by molar-refractivity contribution is 5.92. The average Bonchev–Trinajstić information content (AvgIpc) is 2.45. The van der Waals surface area contributed by atoms with Crippen molar-refractivity contribution >= 4 is 11.6 Å². The van der Waals surface area contributed by atoms with Crippen molar-refractivity contribution in [2.45, 2.75) is 6.54 Å². The minimum Gasteiger partial charge on any atom is -0.347 e. The molecule has 0 aliphatic rings. The van der Waals surface area contributed by atoms with Gasteiger partial charge in [0.05, 0.1) is 4.92 Å².